The van der Waals surface area contributed by atoms with Crippen LogP contribution >= 0.6 is 11.6 Å². The van der Waals surface area contributed by atoms with Crippen molar-refractivity contribution in [1.29, 1.82) is 0 Å². The van der Waals surface area contributed by atoms with Crippen molar-refractivity contribution in [3.05, 3.63) is 64.2 Å². The van der Waals surface area contributed by atoms with Crippen LogP contribution in [0.1, 0.15) is 29.7 Å². The predicted octanol–water partition coefficient (Wildman–Crippen LogP) is 4.10. The molecule has 0 aliphatic carbocycles. The van der Waals surface area contributed by atoms with Crippen LogP contribution in [0.3, 0.4) is 0 Å². The van der Waals surface area contributed by atoms with Crippen molar-refractivity contribution in [3.63, 3.8) is 0 Å². The minimum absolute atomic E-state index is 0.236. The van der Waals surface area contributed by atoms with E-state index in [-0.39, 0.29) is 6.04 Å². The van der Waals surface area contributed by atoms with E-state index in [0.29, 0.717) is 11.6 Å². The highest BCUT2D eigenvalue weighted by Gasteiger charge is 2.14. The molecule has 0 spiro atoms. The van der Waals surface area contributed by atoms with Gasteiger partial charge in [-0.15, -0.1) is 0 Å². The van der Waals surface area contributed by atoms with Gasteiger partial charge in [0.25, 0.3) is 0 Å². The molecular formula is C16H18ClNO. The molecule has 0 bridgehead atoms. The lowest BCUT2D eigenvalue weighted by Gasteiger charge is -2.17. The van der Waals surface area contributed by atoms with Crippen LogP contribution in [0.2, 0.25) is 5.02 Å². The summed E-state index contributed by atoms with van der Waals surface area (Å²) in [7, 11) is 0. The van der Waals surface area contributed by atoms with E-state index >= 15 is 0 Å². The molecule has 2 aromatic carbocycles. The maximum absolute atomic E-state index is 6.35. The minimum atomic E-state index is -0.236. The van der Waals surface area contributed by atoms with E-state index in [4.69, 9.17) is 22.1 Å². The Morgan fingerprint density at radius 1 is 1.21 bits per heavy atom. The quantitative estimate of drug-likeness (QED) is 0.912. The number of ether oxygens (including phenoxy) is 1. The van der Waals surface area contributed by atoms with Gasteiger partial charge in [-0.2, -0.15) is 0 Å². The zero-order valence-electron chi connectivity index (χ0n) is 11.2. The number of benzene rings is 2. The van der Waals surface area contributed by atoms with Crippen molar-refractivity contribution in [2.45, 2.75) is 19.9 Å². The summed E-state index contributed by atoms with van der Waals surface area (Å²) in [6.07, 6.45) is 0. The maximum atomic E-state index is 6.35. The summed E-state index contributed by atoms with van der Waals surface area (Å²) in [5, 5.41) is 0.708. The van der Waals surface area contributed by atoms with Gasteiger partial charge in [0.1, 0.15) is 5.75 Å². The van der Waals surface area contributed by atoms with Crippen LogP contribution in [-0.2, 0) is 0 Å². The van der Waals surface area contributed by atoms with Gasteiger partial charge in [-0.1, -0.05) is 35.9 Å². The summed E-state index contributed by atoms with van der Waals surface area (Å²) in [5.41, 5.74) is 9.43. The van der Waals surface area contributed by atoms with Crippen molar-refractivity contribution in [3.8, 4) is 5.75 Å². The average molecular weight is 276 g/mol. The molecule has 1 atom stereocenters. The SMILES string of the molecule is CCOc1ccccc1C(N)c1cc(C)cc(Cl)c1. The first-order chi connectivity index (χ1) is 9.11. The Kier molecular flexibility index (Phi) is 4.46. The van der Waals surface area contributed by atoms with Crippen LogP contribution in [-0.4, -0.2) is 6.61 Å². The molecule has 19 heavy (non-hydrogen) atoms. The molecule has 100 valence electrons. The Morgan fingerprint density at radius 2 is 1.95 bits per heavy atom. The van der Waals surface area contributed by atoms with Crippen LogP contribution < -0.4 is 10.5 Å². The Bertz CT molecular complexity index is 548. The third kappa shape index (κ3) is 3.28. The van der Waals surface area contributed by atoms with Gasteiger partial charge in [0.2, 0.25) is 0 Å². The number of halogens is 1. The summed E-state index contributed by atoms with van der Waals surface area (Å²) >= 11 is 6.10. The lowest BCUT2D eigenvalue weighted by molar-refractivity contribution is 0.335. The fourth-order valence-corrected chi connectivity index (χ4v) is 2.45. The zero-order valence-corrected chi connectivity index (χ0v) is 11.9. The maximum Gasteiger partial charge on any atom is 0.124 e. The second kappa shape index (κ2) is 6.09. The molecule has 2 N–H and O–H groups in total. The summed E-state index contributed by atoms with van der Waals surface area (Å²) in [6.45, 7) is 4.60. The molecule has 0 aliphatic rings. The fraction of sp³-hybridized carbons (Fsp3) is 0.250. The lowest BCUT2D eigenvalue weighted by Crippen LogP contribution is -2.13. The summed E-state index contributed by atoms with van der Waals surface area (Å²) < 4.78 is 5.63. The first-order valence-electron chi connectivity index (χ1n) is 6.36. The molecule has 0 heterocycles. The molecule has 0 fully saturated rings. The Hall–Kier alpha value is -1.51. The number of hydrogen-bond donors (Lipinski definition) is 1. The van der Waals surface area contributed by atoms with Gasteiger partial charge in [-0.3, -0.25) is 0 Å². The molecule has 0 aromatic heterocycles. The van der Waals surface area contributed by atoms with E-state index in [2.05, 4.69) is 6.07 Å². The van der Waals surface area contributed by atoms with Crippen LogP contribution in [0.4, 0.5) is 0 Å². The monoisotopic (exact) mass is 275 g/mol. The molecule has 1 unspecified atom stereocenters. The average Bonchev–Trinajstić information content (AvgIpc) is 2.38. The van der Waals surface area contributed by atoms with Crippen molar-refractivity contribution < 1.29 is 4.74 Å². The molecule has 0 saturated heterocycles. The van der Waals surface area contributed by atoms with Gasteiger partial charge >= 0.3 is 0 Å². The zero-order chi connectivity index (χ0) is 13.8. The molecule has 0 saturated carbocycles. The first-order valence-corrected chi connectivity index (χ1v) is 6.74. The second-order valence-electron chi connectivity index (χ2n) is 4.51. The van der Waals surface area contributed by atoms with Crippen LogP contribution in [0.25, 0.3) is 0 Å². The van der Waals surface area contributed by atoms with Gasteiger partial charge in [-0.05, 0) is 43.2 Å². The number of aryl methyl sites for hydroxylation is 1. The Morgan fingerprint density at radius 3 is 2.63 bits per heavy atom. The molecule has 2 nitrogen and oxygen atoms in total. The van der Waals surface area contributed by atoms with Crippen molar-refractivity contribution in [2.75, 3.05) is 6.61 Å². The van der Waals surface area contributed by atoms with Crippen LogP contribution in [0.15, 0.2) is 42.5 Å². The predicted molar refractivity (Wildman–Crippen MR) is 79.8 cm³/mol. The standard InChI is InChI=1S/C16H18ClNO/c1-3-19-15-7-5-4-6-14(15)16(18)12-8-11(2)9-13(17)10-12/h4-10,16H,3,18H2,1-2H3. The summed E-state index contributed by atoms with van der Waals surface area (Å²) in [4.78, 5) is 0. The topological polar surface area (TPSA) is 35.2 Å². The van der Waals surface area contributed by atoms with E-state index in [1.807, 2.05) is 50.2 Å². The van der Waals surface area contributed by atoms with E-state index in [0.717, 1.165) is 22.4 Å². The van der Waals surface area contributed by atoms with Crippen molar-refractivity contribution in [1.82, 2.24) is 0 Å². The summed E-state index contributed by atoms with van der Waals surface area (Å²) in [6, 6.07) is 13.5. The number of para-hydroxylation sites is 1. The smallest absolute Gasteiger partial charge is 0.124 e. The fourth-order valence-electron chi connectivity index (χ4n) is 2.15. The van der Waals surface area contributed by atoms with E-state index in [9.17, 15) is 0 Å². The summed E-state index contributed by atoms with van der Waals surface area (Å²) in [5.74, 6) is 0.829. The van der Waals surface area contributed by atoms with Gasteiger partial charge in [0.05, 0.1) is 12.6 Å². The third-order valence-corrected chi connectivity index (χ3v) is 3.20. The Labute approximate surface area is 119 Å². The van der Waals surface area contributed by atoms with Gasteiger partial charge in [0, 0.05) is 10.6 Å². The minimum Gasteiger partial charge on any atom is -0.494 e. The van der Waals surface area contributed by atoms with E-state index in [1.165, 1.54) is 0 Å². The molecule has 2 aromatic rings. The second-order valence-corrected chi connectivity index (χ2v) is 4.95. The number of rotatable bonds is 4. The van der Waals surface area contributed by atoms with Crippen molar-refractivity contribution >= 4 is 11.6 Å². The molecule has 0 radical (unpaired) electrons. The number of nitrogens with two attached hydrogens (primary N) is 1. The highest BCUT2D eigenvalue weighted by Crippen LogP contribution is 2.30. The molecular weight excluding hydrogens is 258 g/mol. The van der Waals surface area contributed by atoms with E-state index in [1.54, 1.807) is 0 Å². The molecule has 0 aliphatic heterocycles. The molecule has 2 rings (SSSR count). The first kappa shape index (κ1) is 13.9. The third-order valence-electron chi connectivity index (χ3n) is 2.98. The number of hydrogen-bond acceptors (Lipinski definition) is 2. The van der Waals surface area contributed by atoms with Crippen molar-refractivity contribution in [2.24, 2.45) is 5.73 Å². The normalized spacial score (nSPS) is 12.2. The van der Waals surface area contributed by atoms with Crippen LogP contribution in [0.5, 0.6) is 5.75 Å². The lowest BCUT2D eigenvalue weighted by atomic mass is 9.97. The van der Waals surface area contributed by atoms with Gasteiger partial charge in [0.15, 0.2) is 0 Å². The van der Waals surface area contributed by atoms with Crippen LogP contribution in [0, 0.1) is 6.92 Å². The molecule has 3 heteroatoms. The van der Waals surface area contributed by atoms with Gasteiger partial charge < -0.3 is 10.5 Å². The molecule has 0 amide bonds. The largest absolute Gasteiger partial charge is 0.494 e. The Balaban J connectivity index is 2.40. The van der Waals surface area contributed by atoms with Gasteiger partial charge in [-0.25, -0.2) is 0 Å². The highest BCUT2D eigenvalue weighted by molar-refractivity contribution is 6.30. The highest BCUT2D eigenvalue weighted by atomic mass is 35.5. The van der Waals surface area contributed by atoms with E-state index < -0.39 is 0 Å².